The Balaban J connectivity index is 2.73. The highest BCUT2D eigenvalue weighted by Crippen LogP contribution is 2.17. The van der Waals surface area contributed by atoms with Gasteiger partial charge < -0.3 is 10.6 Å². The predicted octanol–water partition coefficient (Wildman–Crippen LogP) is 2.49. The molecular weight excluding hydrogens is 212 g/mol. The van der Waals surface area contributed by atoms with Crippen LogP contribution in [0.25, 0.3) is 0 Å². The van der Waals surface area contributed by atoms with Crippen molar-refractivity contribution in [3.05, 3.63) is 29.3 Å². The van der Waals surface area contributed by atoms with Crippen LogP contribution in [0.3, 0.4) is 0 Å². The van der Waals surface area contributed by atoms with Crippen molar-refractivity contribution in [2.75, 3.05) is 18.9 Å². The molecule has 0 saturated heterocycles. The number of amides is 1. The first kappa shape index (κ1) is 13.7. The van der Waals surface area contributed by atoms with Gasteiger partial charge in [-0.1, -0.05) is 24.6 Å². The summed E-state index contributed by atoms with van der Waals surface area (Å²) in [6.07, 6.45) is 0.845. The second-order valence-electron chi connectivity index (χ2n) is 4.47. The molecule has 17 heavy (non-hydrogen) atoms. The Kier molecular flexibility index (Phi) is 5.16. The van der Waals surface area contributed by atoms with E-state index in [-0.39, 0.29) is 11.8 Å². The van der Waals surface area contributed by atoms with Gasteiger partial charge in [0.15, 0.2) is 0 Å². The highest BCUT2D eigenvalue weighted by atomic mass is 16.1. The van der Waals surface area contributed by atoms with Gasteiger partial charge in [0.25, 0.3) is 0 Å². The van der Waals surface area contributed by atoms with Crippen molar-refractivity contribution >= 4 is 11.6 Å². The van der Waals surface area contributed by atoms with Gasteiger partial charge in [0.05, 0.1) is 5.92 Å². The molecule has 1 amide bonds. The SMILES string of the molecule is CCC(CNC)C(=O)Nc1ccc(C)cc1C. The Morgan fingerprint density at radius 1 is 1.35 bits per heavy atom. The Hall–Kier alpha value is -1.35. The van der Waals surface area contributed by atoms with Gasteiger partial charge in [0.1, 0.15) is 0 Å². The Morgan fingerprint density at radius 3 is 2.59 bits per heavy atom. The fourth-order valence-corrected chi connectivity index (χ4v) is 1.86. The van der Waals surface area contributed by atoms with Crippen molar-refractivity contribution in [1.82, 2.24) is 5.32 Å². The van der Waals surface area contributed by atoms with E-state index in [1.165, 1.54) is 5.56 Å². The molecule has 0 aliphatic heterocycles. The smallest absolute Gasteiger partial charge is 0.228 e. The number of anilines is 1. The number of rotatable bonds is 5. The molecule has 1 rings (SSSR count). The fourth-order valence-electron chi connectivity index (χ4n) is 1.86. The molecule has 2 N–H and O–H groups in total. The summed E-state index contributed by atoms with van der Waals surface area (Å²) in [6, 6.07) is 6.06. The minimum Gasteiger partial charge on any atom is -0.326 e. The van der Waals surface area contributed by atoms with Crippen LogP contribution in [0.15, 0.2) is 18.2 Å². The van der Waals surface area contributed by atoms with Crippen molar-refractivity contribution in [2.24, 2.45) is 5.92 Å². The zero-order valence-corrected chi connectivity index (χ0v) is 11.1. The predicted molar refractivity (Wildman–Crippen MR) is 72.3 cm³/mol. The average molecular weight is 234 g/mol. The van der Waals surface area contributed by atoms with Crippen LogP contribution in [0.5, 0.6) is 0 Å². The summed E-state index contributed by atoms with van der Waals surface area (Å²) in [4.78, 5) is 12.0. The molecule has 0 fully saturated rings. The van der Waals surface area contributed by atoms with Crippen LogP contribution < -0.4 is 10.6 Å². The quantitative estimate of drug-likeness (QED) is 0.822. The molecule has 3 nitrogen and oxygen atoms in total. The van der Waals surface area contributed by atoms with Gasteiger partial charge in [-0.2, -0.15) is 0 Å². The molecule has 0 radical (unpaired) electrons. The van der Waals surface area contributed by atoms with E-state index in [9.17, 15) is 4.79 Å². The molecule has 1 atom stereocenters. The highest BCUT2D eigenvalue weighted by molar-refractivity contribution is 5.93. The number of hydrogen-bond acceptors (Lipinski definition) is 2. The van der Waals surface area contributed by atoms with E-state index in [2.05, 4.69) is 23.6 Å². The summed E-state index contributed by atoms with van der Waals surface area (Å²) >= 11 is 0. The maximum Gasteiger partial charge on any atom is 0.228 e. The molecule has 0 aliphatic carbocycles. The highest BCUT2D eigenvalue weighted by Gasteiger charge is 2.15. The zero-order chi connectivity index (χ0) is 12.8. The van der Waals surface area contributed by atoms with E-state index in [1.54, 1.807) is 0 Å². The normalized spacial score (nSPS) is 12.2. The standard InChI is InChI=1S/C14H22N2O/c1-5-12(9-15-4)14(17)16-13-7-6-10(2)8-11(13)3/h6-8,12,15H,5,9H2,1-4H3,(H,16,17). The molecule has 0 heterocycles. The van der Waals surface area contributed by atoms with Crippen LogP contribution in [0.2, 0.25) is 0 Å². The molecule has 94 valence electrons. The number of carbonyl (C=O) groups excluding carboxylic acids is 1. The lowest BCUT2D eigenvalue weighted by molar-refractivity contribution is -0.119. The van der Waals surface area contributed by atoms with Crippen LogP contribution in [-0.2, 0) is 4.79 Å². The van der Waals surface area contributed by atoms with Crippen molar-refractivity contribution in [1.29, 1.82) is 0 Å². The Labute approximate surface area is 104 Å². The van der Waals surface area contributed by atoms with Gasteiger partial charge in [0, 0.05) is 12.2 Å². The number of aryl methyl sites for hydroxylation is 2. The maximum atomic E-state index is 12.0. The van der Waals surface area contributed by atoms with E-state index in [4.69, 9.17) is 0 Å². The number of hydrogen-bond donors (Lipinski definition) is 2. The third-order valence-electron chi connectivity index (χ3n) is 2.95. The zero-order valence-electron chi connectivity index (χ0n) is 11.1. The van der Waals surface area contributed by atoms with Crippen molar-refractivity contribution in [2.45, 2.75) is 27.2 Å². The topological polar surface area (TPSA) is 41.1 Å². The van der Waals surface area contributed by atoms with Crippen LogP contribution in [0, 0.1) is 19.8 Å². The molecule has 1 unspecified atom stereocenters. The third-order valence-corrected chi connectivity index (χ3v) is 2.95. The molecule has 0 bridgehead atoms. The van der Waals surface area contributed by atoms with Crippen molar-refractivity contribution in [3.63, 3.8) is 0 Å². The van der Waals surface area contributed by atoms with E-state index >= 15 is 0 Å². The van der Waals surface area contributed by atoms with Crippen LogP contribution >= 0.6 is 0 Å². The maximum absolute atomic E-state index is 12.0. The largest absolute Gasteiger partial charge is 0.326 e. The summed E-state index contributed by atoms with van der Waals surface area (Å²) in [7, 11) is 1.87. The third kappa shape index (κ3) is 3.86. The van der Waals surface area contributed by atoms with Gasteiger partial charge >= 0.3 is 0 Å². The van der Waals surface area contributed by atoms with E-state index < -0.39 is 0 Å². The molecule has 0 spiro atoms. The molecule has 0 saturated carbocycles. The van der Waals surface area contributed by atoms with Gasteiger partial charge in [-0.25, -0.2) is 0 Å². The lowest BCUT2D eigenvalue weighted by Crippen LogP contribution is -2.30. The van der Waals surface area contributed by atoms with Crippen molar-refractivity contribution < 1.29 is 4.79 Å². The first-order valence-corrected chi connectivity index (χ1v) is 6.11. The van der Waals surface area contributed by atoms with Crippen LogP contribution in [-0.4, -0.2) is 19.5 Å². The Bertz CT molecular complexity index is 388. The molecule has 3 heteroatoms. The number of benzene rings is 1. The van der Waals surface area contributed by atoms with E-state index in [0.29, 0.717) is 6.54 Å². The molecular formula is C14H22N2O. The first-order valence-electron chi connectivity index (χ1n) is 6.11. The van der Waals surface area contributed by atoms with Crippen LogP contribution in [0.1, 0.15) is 24.5 Å². The summed E-state index contributed by atoms with van der Waals surface area (Å²) in [5, 5.41) is 6.04. The van der Waals surface area contributed by atoms with Gasteiger partial charge in [-0.15, -0.1) is 0 Å². The molecule has 0 aliphatic rings. The molecule has 1 aromatic carbocycles. The summed E-state index contributed by atoms with van der Waals surface area (Å²) in [5.41, 5.74) is 3.23. The van der Waals surface area contributed by atoms with E-state index in [1.807, 2.05) is 33.0 Å². The van der Waals surface area contributed by atoms with Gasteiger partial charge in [-0.3, -0.25) is 4.79 Å². The van der Waals surface area contributed by atoms with Gasteiger partial charge in [-0.05, 0) is 38.9 Å². The number of carbonyl (C=O) groups is 1. The first-order chi connectivity index (χ1) is 8.08. The lowest BCUT2D eigenvalue weighted by Gasteiger charge is -2.15. The lowest BCUT2D eigenvalue weighted by atomic mass is 10.0. The van der Waals surface area contributed by atoms with Crippen LogP contribution in [0.4, 0.5) is 5.69 Å². The van der Waals surface area contributed by atoms with E-state index in [0.717, 1.165) is 17.7 Å². The summed E-state index contributed by atoms with van der Waals surface area (Å²) in [5.74, 6) is 0.120. The minimum atomic E-state index is 0.0284. The Morgan fingerprint density at radius 2 is 2.06 bits per heavy atom. The molecule has 0 aromatic heterocycles. The monoisotopic (exact) mass is 234 g/mol. The number of nitrogens with one attached hydrogen (secondary N) is 2. The average Bonchev–Trinajstić information content (AvgIpc) is 2.29. The minimum absolute atomic E-state index is 0.0284. The van der Waals surface area contributed by atoms with Crippen molar-refractivity contribution in [3.8, 4) is 0 Å². The second kappa shape index (κ2) is 6.40. The summed E-state index contributed by atoms with van der Waals surface area (Å²) < 4.78 is 0. The second-order valence-corrected chi connectivity index (χ2v) is 4.47. The van der Waals surface area contributed by atoms with Gasteiger partial charge in [0.2, 0.25) is 5.91 Å². The fraction of sp³-hybridized carbons (Fsp3) is 0.500. The molecule has 1 aromatic rings. The summed E-state index contributed by atoms with van der Waals surface area (Å²) in [6.45, 7) is 6.81.